The fourth-order valence-electron chi connectivity index (χ4n) is 3.11. The molecule has 23 heavy (non-hydrogen) atoms. The van der Waals surface area contributed by atoms with Crippen LogP contribution in [0.1, 0.15) is 29.7 Å². The maximum Gasteiger partial charge on any atom is 0.0703 e. The number of hydrogen-bond donors (Lipinski definition) is 0. The van der Waals surface area contributed by atoms with Gasteiger partial charge in [-0.15, -0.1) is 0 Å². The van der Waals surface area contributed by atoms with Crippen LogP contribution in [0, 0.1) is 6.92 Å². The van der Waals surface area contributed by atoms with Gasteiger partial charge in [-0.2, -0.15) is 5.10 Å². The third-order valence-electron chi connectivity index (χ3n) is 4.33. The van der Waals surface area contributed by atoms with Crippen molar-refractivity contribution in [1.82, 2.24) is 14.7 Å². The fraction of sp³-hybridized carbons (Fsp3) is 0.421. The molecular weight excluding hydrogens is 286 g/mol. The molecule has 0 unspecified atom stereocenters. The molecule has 0 saturated carbocycles. The van der Waals surface area contributed by atoms with E-state index in [0.717, 1.165) is 38.4 Å². The van der Waals surface area contributed by atoms with Gasteiger partial charge in [0.05, 0.1) is 11.8 Å². The molecule has 0 spiro atoms. The first-order valence-corrected chi connectivity index (χ1v) is 8.29. The first-order valence-electron chi connectivity index (χ1n) is 8.29. The second-order valence-electron chi connectivity index (χ2n) is 6.19. The third-order valence-corrected chi connectivity index (χ3v) is 4.33. The number of nitrogens with zero attached hydrogens (tertiary/aromatic N) is 3. The maximum atomic E-state index is 5.84. The lowest BCUT2D eigenvalue weighted by molar-refractivity contribution is 0.0678. The molecule has 0 amide bonds. The first kappa shape index (κ1) is 16.0. The molecule has 4 nitrogen and oxygen atoms in total. The Kier molecular flexibility index (Phi) is 5.26. The summed E-state index contributed by atoms with van der Waals surface area (Å²) in [6.45, 7) is 9.52. The molecule has 1 aliphatic rings. The van der Waals surface area contributed by atoms with Crippen molar-refractivity contribution in [3.63, 3.8) is 0 Å². The Labute approximate surface area is 138 Å². The zero-order chi connectivity index (χ0) is 16.1. The van der Waals surface area contributed by atoms with E-state index in [1.807, 2.05) is 0 Å². The Morgan fingerprint density at radius 3 is 2.83 bits per heavy atom. The normalized spacial score (nSPS) is 17.7. The summed E-state index contributed by atoms with van der Waals surface area (Å²) in [5.74, 6) is 0. The predicted octanol–water partition coefficient (Wildman–Crippen LogP) is 3.47. The average Bonchev–Trinajstić information content (AvgIpc) is 3.18. The Morgan fingerprint density at radius 1 is 1.35 bits per heavy atom. The van der Waals surface area contributed by atoms with Crippen molar-refractivity contribution in [2.24, 2.45) is 0 Å². The van der Waals surface area contributed by atoms with E-state index in [2.05, 4.69) is 60.0 Å². The van der Waals surface area contributed by atoms with Gasteiger partial charge in [0.1, 0.15) is 0 Å². The van der Waals surface area contributed by atoms with Gasteiger partial charge >= 0.3 is 0 Å². The van der Waals surface area contributed by atoms with Gasteiger partial charge in [0, 0.05) is 44.2 Å². The van der Waals surface area contributed by atoms with Crippen LogP contribution in [0.2, 0.25) is 0 Å². The van der Waals surface area contributed by atoms with Gasteiger partial charge in [-0.25, -0.2) is 4.68 Å². The monoisotopic (exact) mass is 311 g/mol. The smallest absolute Gasteiger partial charge is 0.0703 e. The third kappa shape index (κ3) is 4.30. The highest BCUT2D eigenvalue weighted by Crippen LogP contribution is 2.18. The molecule has 2 heterocycles. The molecule has 1 atom stereocenters. The summed E-state index contributed by atoms with van der Waals surface area (Å²) in [6, 6.07) is 10.6. The summed E-state index contributed by atoms with van der Waals surface area (Å²) < 4.78 is 7.63. The van der Waals surface area contributed by atoms with Crippen LogP contribution in [0.5, 0.6) is 0 Å². The van der Waals surface area contributed by atoms with Crippen LogP contribution in [0.15, 0.2) is 43.1 Å². The average molecular weight is 311 g/mol. The molecule has 1 saturated heterocycles. The standard InChI is InChI=1S/C19H25N3O/c1-3-22-14-18(16(2)20-22)13-21(15-19-10-7-11-23-19)12-17-8-5-4-6-9-17/h3-6,8-9,14,19H,1,7,10-13,15H2,2H3/t19-/m0/s1. The van der Waals surface area contributed by atoms with Crippen molar-refractivity contribution >= 4 is 6.20 Å². The fourth-order valence-corrected chi connectivity index (χ4v) is 3.11. The second kappa shape index (κ2) is 7.57. The quantitative estimate of drug-likeness (QED) is 0.784. The number of ether oxygens (including phenoxy) is 1. The molecule has 0 aliphatic carbocycles. The zero-order valence-corrected chi connectivity index (χ0v) is 13.8. The number of hydrogen-bond acceptors (Lipinski definition) is 3. The molecule has 1 fully saturated rings. The summed E-state index contributed by atoms with van der Waals surface area (Å²) in [7, 11) is 0. The lowest BCUT2D eigenvalue weighted by Gasteiger charge is -2.25. The van der Waals surface area contributed by atoms with E-state index in [9.17, 15) is 0 Å². The lowest BCUT2D eigenvalue weighted by Crippen LogP contribution is -2.31. The van der Waals surface area contributed by atoms with Gasteiger partial charge in [-0.05, 0) is 25.3 Å². The predicted molar refractivity (Wildman–Crippen MR) is 92.9 cm³/mol. The molecular formula is C19H25N3O. The Morgan fingerprint density at radius 2 is 2.17 bits per heavy atom. The second-order valence-corrected chi connectivity index (χ2v) is 6.19. The van der Waals surface area contributed by atoms with E-state index < -0.39 is 0 Å². The maximum absolute atomic E-state index is 5.84. The van der Waals surface area contributed by atoms with Gasteiger partial charge in [0.15, 0.2) is 0 Å². The van der Waals surface area contributed by atoms with Crippen LogP contribution in [-0.2, 0) is 17.8 Å². The van der Waals surface area contributed by atoms with Gasteiger partial charge < -0.3 is 4.74 Å². The lowest BCUT2D eigenvalue weighted by atomic mass is 10.1. The number of rotatable bonds is 7. The van der Waals surface area contributed by atoms with Gasteiger partial charge in [-0.3, -0.25) is 4.90 Å². The van der Waals surface area contributed by atoms with E-state index in [-0.39, 0.29) is 0 Å². The van der Waals surface area contributed by atoms with Crippen LogP contribution < -0.4 is 0 Å². The van der Waals surface area contributed by atoms with Gasteiger partial charge in [0.25, 0.3) is 0 Å². The molecule has 122 valence electrons. The van der Waals surface area contributed by atoms with E-state index in [0.29, 0.717) is 6.10 Å². The molecule has 1 aromatic carbocycles. The van der Waals surface area contributed by atoms with Gasteiger partial charge in [-0.1, -0.05) is 36.9 Å². The minimum atomic E-state index is 0.355. The largest absolute Gasteiger partial charge is 0.377 e. The number of benzene rings is 1. The van der Waals surface area contributed by atoms with Crippen molar-refractivity contribution in [3.05, 3.63) is 59.9 Å². The summed E-state index contributed by atoms with van der Waals surface area (Å²) in [6.07, 6.45) is 6.50. The van der Waals surface area contributed by atoms with Crippen LogP contribution in [0.25, 0.3) is 6.20 Å². The summed E-state index contributed by atoms with van der Waals surface area (Å²) in [5, 5.41) is 4.46. The van der Waals surface area contributed by atoms with E-state index in [1.165, 1.54) is 17.5 Å². The van der Waals surface area contributed by atoms with E-state index in [4.69, 9.17) is 4.74 Å². The number of aryl methyl sites for hydroxylation is 1. The van der Waals surface area contributed by atoms with Crippen LogP contribution >= 0.6 is 0 Å². The molecule has 3 rings (SSSR count). The van der Waals surface area contributed by atoms with Crippen molar-refractivity contribution in [3.8, 4) is 0 Å². The Hall–Kier alpha value is -1.91. The number of aromatic nitrogens is 2. The van der Waals surface area contributed by atoms with E-state index in [1.54, 1.807) is 10.9 Å². The first-order chi connectivity index (χ1) is 11.2. The van der Waals surface area contributed by atoms with Crippen molar-refractivity contribution in [2.75, 3.05) is 13.2 Å². The van der Waals surface area contributed by atoms with Crippen molar-refractivity contribution in [2.45, 2.75) is 39.0 Å². The minimum Gasteiger partial charge on any atom is -0.377 e. The summed E-state index contributed by atoms with van der Waals surface area (Å²) in [5.41, 5.74) is 3.65. The molecule has 1 aliphatic heterocycles. The molecule has 0 radical (unpaired) electrons. The summed E-state index contributed by atoms with van der Waals surface area (Å²) in [4.78, 5) is 2.46. The van der Waals surface area contributed by atoms with E-state index >= 15 is 0 Å². The van der Waals surface area contributed by atoms with Crippen molar-refractivity contribution < 1.29 is 4.74 Å². The Balaban J connectivity index is 1.73. The highest BCUT2D eigenvalue weighted by molar-refractivity contribution is 5.23. The zero-order valence-electron chi connectivity index (χ0n) is 13.8. The summed E-state index contributed by atoms with van der Waals surface area (Å²) >= 11 is 0. The highest BCUT2D eigenvalue weighted by atomic mass is 16.5. The topological polar surface area (TPSA) is 30.3 Å². The molecule has 4 heteroatoms. The molecule has 1 aromatic heterocycles. The molecule has 2 aromatic rings. The molecule has 0 bridgehead atoms. The van der Waals surface area contributed by atoms with Crippen LogP contribution in [-0.4, -0.2) is 33.9 Å². The SMILES string of the molecule is C=Cn1cc(CN(Cc2ccccc2)C[C@@H]2CCCO2)c(C)n1. The Bertz CT molecular complexity index is 629. The highest BCUT2D eigenvalue weighted by Gasteiger charge is 2.20. The van der Waals surface area contributed by atoms with Crippen LogP contribution in [0.3, 0.4) is 0 Å². The minimum absolute atomic E-state index is 0.355. The van der Waals surface area contributed by atoms with Crippen molar-refractivity contribution in [1.29, 1.82) is 0 Å². The molecule has 0 N–H and O–H groups in total. The van der Waals surface area contributed by atoms with Gasteiger partial charge in [0.2, 0.25) is 0 Å². The van der Waals surface area contributed by atoms with Crippen LogP contribution in [0.4, 0.5) is 0 Å².